The molecule has 32 heavy (non-hydrogen) atoms. The van der Waals surface area contributed by atoms with Crippen LogP contribution in [0.5, 0.6) is 5.75 Å². The van der Waals surface area contributed by atoms with Crippen molar-refractivity contribution in [1.29, 1.82) is 0 Å². The third kappa shape index (κ3) is 4.32. The van der Waals surface area contributed by atoms with Crippen LogP contribution in [-0.4, -0.2) is 41.7 Å². The summed E-state index contributed by atoms with van der Waals surface area (Å²) in [6.07, 6.45) is 2.14. The van der Waals surface area contributed by atoms with Gasteiger partial charge in [-0.05, 0) is 48.4 Å². The number of methoxy groups -OCH3 is 1. The number of ether oxygens (including phenoxy) is 2. The van der Waals surface area contributed by atoms with E-state index in [2.05, 4.69) is 20.7 Å². The highest BCUT2D eigenvalue weighted by Crippen LogP contribution is 2.37. The van der Waals surface area contributed by atoms with Crippen LogP contribution in [0.25, 0.3) is 5.69 Å². The van der Waals surface area contributed by atoms with Gasteiger partial charge in [-0.25, -0.2) is 4.79 Å². The first-order valence-electron chi connectivity index (χ1n) is 10.7. The first-order chi connectivity index (χ1) is 15.6. The van der Waals surface area contributed by atoms with Crippen LogP contribution in [0.2, 0.25) is 0 Å². The Hall–Kier alpha value is -3.74. The van der Waals surface area contributed by atoms with Gasteiger partial charge in [-0.3, -0.25) is 4.79 Å². The van der Waals surface area contributed by atoms with Crippen LogP contribution in [-0.2, 0) is 16.1 Å². The summed E-state index contributed by atoms with van der Waals surface area (Å²) in [6, 6.07) is 19.4. The minimum Gasteiger partial charge on any atom is -0.494 e. The molecule has 2 heterocycles. The van der Waals surface area contributed by atoms with Crippen molar-refractivity contribution in [3.63, 3.8) is 0 Å². The molecule has 1 aliphatic rings. The van der Waals surface area contributed by atoms with Gasteiger partial charge in [-0.2, -0.15) is 0 Å². The normalized spacial score (nSPS) is 14.7. The number of para-hydroxylation sites is 1. The zero-order chi connectivity index (χ0) is 22.5. The zero-order valence-electron chi connectivity index (χ0n) is 18.3. The van der Waals surface area contributed by atoms with Gasteiger partial charge in [-0.1, -0.05) is 30.3 Å². The highest BCUT2D eigenvalue weighted by atomic mass is 16.5. The van der Waals surface area contributed by atoms with Crippen LogP contribution in [0.1, 0.15) is 36.2 Å². The number of carbonyl (C=O) groups excluding carboxylic acids is 2. The number of rotatable bonds is 6. The third-order valence-corrected chi connectivity index (χ3v) is 5.56. The number of benzene rings is 2. The summed E-state index contributed by atoms with van der Waals surface area (Å²) in [4.78, 5) is 26.6. The molecule has 0 saturated heterocycles. The van der Waals surface area contributed by atoms with Crippen LogP contribution < -0.4 is 10.1 Å². The highest BCUT2D eigenvalue weighted by Gasteiger charge is 2.32. The first kappa shape index (κ1) is 21.5. The molecule has 7 nitrogen and oxygen atoms in total. The topological polar surface area (TPSA) is 72.8 Å². The SMILES string of the molecule is CCOc1ccc([C@H]2c3cccn3-c3ccccc3CN2C(=O)NCCC(=O)OC)cc1. The molecule has 7 heteroatoms. The standard InChI is InChI=1S/C25H27N3O4/c1-3-32-20-12-10-18(11-13-20)24-22-9-6-16-27(22)21-8-5-4-7-19(21)17-28(24)25(30)26-15-14-23(29)31-2/h4-13,16,24H,3,14-15,17H2,1-2H3,(H,26,30)/t24-/m0/s1. The smallest absolute Gasteiger partial charge is 0.318 e. The Balaban J connectivity index is 1.72. The molecule has 3 aromatic rings. The molecule has 0 aliphatic carbocycles. The van der Waals surface area contributed by atoms with E-state index >= 15 is 0 Å². The molecule has 0 spiro atoms. The number of hydrogen-bond donors (Lipinski definition) is 1. The lowest BCUT2D eigenvalue weighted by molar-refractivity contribution is -0.140. The fourth-order valence-corrected chi connectivity index (χ4v) is 4.08. The van der Waals surface area contributed by atoms with Crippen LogP contribution in [0.15, 0.2) is 66.9 Å². The van der Waals surface area contributed by atoms with E-state index in [0.29, 0.717) is 13.2 Å². The average Bonchev–Trinajstić information content (AvgIpc) is 3.24. The van der Waals surface area contributed by atoms with E-state index in [1.54, 1.807) is 0 Å². The van der Waals surface area contributed by atoms with Crippen LogP contribution in [0, 0.1) is 0 Å². The number of amides is 2. The molecular formula is C25H27N3O4. The van der Waals surface area contributed by atoms with Crippen molar-refractivity contribution in [2.24, 2.45) is 0 Å². The minimum absolute atomic E-state index is 0.122. The quantitative estimate of drug-likeness (QED) is 0.595. The van der Waals surface area contributed by atoms with E-state index in [1.807, 2.05) is 72.6 Å². The lowest BCUT2D eigenvalue weighted by atomic mass is 10.0. The Morgan fingerprint density at radius 2 is 1.84 bits per heavy atom. The molecule has 0 saturated carbocycles. The maximum atomic E-state index is 13.3. The predicted molar refractivity (Wildman–Crippen MR) is 121 cm³/mol. The fourth-order valence-electron chi connectivity index (χ4n) is 4.08. The molecule has 0 bridgehead atoms. The van der Waals surface area contributed by atoms with Crippen molar-refractivity contribution in [3.05, 3.63) is 83.7 Å². The Kier molecular flexibility index (Phi) is 6.44. The Morgan fingerprint density at radius 3 is 2.59 bits per heavy atom. The van der Waals surface area contributed by atoms with E-state index in [-0.39, 0.29) is 31.0 Å². The molecular weight excluding hydrogens is 406 g/mol. The second kappa shape index (κ2) is 9.60. The van der Waals surface area contributed by atoms with Gasteiger partial charge in [0.15, 0.2) is 0 Å². The number of nitrogens with zero attached hydrogens (tertiary/aromatic N) is 2. The summed E-state index contributed by atoms with van der Waals surface area (Å²) in [6.45, 7) is 3.18. The van der Waals surface area contributed by atoms with Gasteiger partial charge < -0.3 is 24.3 Å². The molecule has 1 atom stereocenters. The van der Waals surface area contributed by atoms with Gasteiger partial charge >= 0.3 is 12.0 Å². The van der Waals surface area contributed by atoms with Crippen LogP contribution >= 0.6 is 0 Å². The molecule has 0 fully saturated rings. The van der Waals surface area contributed by atoms with Crippen molar-refractivity contribution < 1.29 is 19.1 Å². The number of esters is 1. The molecule has 1 aromatic heterocycles. The van der Waals surface area contributed by atoms with Gasteiger partial charge in [0.25, 0.3) is 0 Å². The van der Waals surface area contributed by atoms with Gasteiger partial charge in [0.1, 0.15) is 5.75 Å². The molecule has 1 aliphatic heterocycles. The predicted octanol–water partition coefficient (Wildman–Crippen LogP) is 4.05. The van der Waals surface area contributed by atoms with E-state index in [1.165, 1.54) is 7.11 Å². The number of nitrogens with one attached hydrogen (secondary N) is 1. The number of urea groups is 1. The molecule has 166 valence electrons. The largest absolute Gasteiger partial charge is 0.494 e. The van der Waals surface area contributed by atoms with Crippen molar-refractivity contribution in [3.8, 4) is 11.4 Å². The Bertz CT molecular complexity index is 1090. The first-order valence-corrected chi connectivity index (χ1v) is 10.7. The molecule has 0 unspecified atom stereocenters. The fraction of sp³-hybridized carbons (Fsp3) is 0.280. The monoisotopic (exact) mass is 433 g/mol. The third-order valence-electron chi connectivity index (χ3n) is 5.56. The van der Waals surface area contributed by atoms with Gasteiger partial charge in [0.2, 0.25) is 0 Å². The summed E-state index contributed by atoms with van der Waals surface area (Å²) in [5.41, 5.74) is 4.06. The maximum absolute atomic E-state index is 13.3. The van der Waals surface area contributed by atoms with Gasteiger partial charge in [0, 0.05) is 18.4 Å². The molecule has 2 amide bonds. The summed E-state index contributed by atoms with van der Waals surface area (Å²) >= 11 is 0. The highest BCUT2D eigenvalue weighted by molar-refractivity contribution is 5.77. The average molecular weight is 434 g/mol. The number of aromatic nitrogens is 1. The van der Waals surface area contributed by atoms with Crippen molar-refractivity contribution in [2.75, 3.05) is 20.3 Å². The second-order valence-electron chi connectivity index (χ2n) is 7.52. The van der Waals surface area contributed by atoms with E-state index < -0.39 is 0 Å². The summed E-state index contributed by atoms with van der Waals surface area (Å²) in [5, 5.41) is 2.88. The number of fused-ring (bicyclic) bond motifs is 3. The van der Waals surface area contributed by atoms with Crippen molar-refractivity contribution in [1.82, 2.24) is 14.8 Å². The Labute approximate surface area is 187 Å². The lowest BCUT2D eigenvalue weighted by Gasteiger charge is -2.31. The second-order valence-corrected chi connectivity index (χ2v) is 7.52. The molecule has 0 radical (unpaired) electrons. The summed E-state index contributed by atoms with van der Waals surface area (Å²) in [7, 11) is 1.34. The molecule has 2 aromatic carbocycles. The summed E-state index contributed by atoms with van der Waals surface area (Å²) in [5.74, 6) is 0.432. The number of carbonyl (C=O) groups is 2. The number of hydrogen-bond acceptors (Lipinski definition) is 4. The lowest BCUT2D eigenvalue weighted by Crippen LogP contribution is -2.42. The Morgan fingerprint density at radius 1 is 1.06 bits per heavy atom. The van der Waals surface area contributed by atoms with Crippen LogP contribution in [0.4, 0.5) is 4.79 Å². The van der Waals surface area contributed by atoms with Crippen LogP contribution in [0.3, 0.4) is 0 Å². The van der Waals surface area contributed by atoms with Crippen molar-refractivity contribution >= 4 is 12.0 Å². The van der Waals surface area contributed by atoms with Gasteiger partial charge in [-0.15, -0.1) is 0 Å². The van der Waals surface area contributed by atoms with E-state index in [9.17, 15) is 9.59 Å². The van der Waals surface area contributed by atoms with Crippen molar-refractivity contribution in [2.45, 2.75) is 25.9 Å². The van der Waals surface area contributed by atoms with Gasteiger partial charge in [0.05, 0.1) is 38.4 Å². The van der Waals surface area contributed by atoms with E-state index in [4.69, 9.17) is 4.74 Å². The molecule has 1 N–H and O–H groups in total. The van der Waals surface area contributed by atoms with E-state index in [0.717, 1.165) is 28.3 Å². The summed E-state index contributed by atoms with van der Waals surface area (Å²) < 4.78 is 12.4. The molecule has 4 rings (SSSR count). The zero-order valence-corrected chi connectivity index (χ0v) is 18.3. The minimum atomic E-state index is -0.358. The maximum Gasteiger partial charge on any atom is 0.318 e.